The van der Waals surface area contributed by atoms with Gasteiger partial charge >= 0.3 is 0 Å². The second-order valence-electron chi connectivity index (χ2n) is 2.89. The highest BCUT2D eigenvalue weighted by Crippen LogP contribution is 2.29. The molecule has 1 N–H and O–H groups in total. The van der Waals surface area contributed by atoms with E-state index >= 15 is 0 Å². The SMILES string of the molecule is CNc1ncc(Br)c2ccc(Cl)cc12. The van der Waals surface area contributed by atoms with Crippen LogP contribution in [0, 0.1) is 0 Å². The topological polar surface area (TPSA) is 24.9 Å². The van der Waals surface area contributed by atoms with E-state index in [4.69, 9.17) is 11.6 Å². The van der Waals surface area contributed by atoms with Crippen LogP contribution in [0.15, 0.2) is 28.9 Å². The van der Waals surface area contributed by atoms with Crippen molar-refractivity contribution >= 4 is 44.1 Å². The van der Waals surface area contributed by atoms with Crippen LogP contribution in [0.5, 0.6) is 0 Å². The molecule has 2 aromatic rings. The fourth-order valence-electron chi connectivity index (χ4n) is 1.38. The summed E-state index contributed by atoms with van der Waals surface area (Å²) < 4.78 is 0.975. The van der Waals surface area contributed by atoms with Crippen LogP contribution in [0.25, 0.3) is 10.8 Å². The van der Waals surface area contributed by atoms with Gasteiger partial charge in [-0.05, 0) is 28.1 Å². The summed E-state index contributed by atoms with van der Waals surface area (Å²) in [5.41, 5.74) is 0. The molecule has 0 amide bonds. The second-order valence-corrected chi connectivity index (χ2v) is 4.19. The highest BCUT2D eigenvalue weighted by Gasteiger charge is 2.04. The number of halogens is 2. The monoisotopic (exact) mass is 270 g/mol. The quantitative estimate of drug-likeness (QED) is 0.855. The Balaban J connectivity index is 2.85. The average Bonchev–Trinajstić information content (AvgIpc) is 2.18. The maximum absolute atomic E-state index is 5.93. The van der Waals surface area contributed by atoms with E-state index in [0.29, 0.717) is 5.02 Å². The molecule has 0 bridgehead atoms. The van der Waals surface area contributed by atoms with Crippen molar-refractivity contribution in [2.24, 2.45) is 0 Å². The summed E-state index contributed by atoms with van der Waals surface area (Å²) in [4.78, 5) is 4.25. The number of nitrogens with zero attached hydrogens (tertiary/aromatic N) is 1. The minimum atomic E-state index is 0.717. The first-order valence-corrected chi connectivity index (χ1v) is 5.31. The number of benzene rings is 1. The van der Waals surface area contributed by atoms with Crippen LogP contribution in [-0.4, -0.2) is 12.0 Å². The number of anilines is 1. The average molecular weight is 272 g/mol. The lowest BCUT2D eigenvalue weighted by Gasteiger charge is -2.06. The molecule has 4 heteroatoms. The molecule has 1 aromatic carbocycles. The Morgan fingerprint density at radius 1 is 1.36 bits per heavy atom. The molecule has 1 aromatic heterocycles. The Hall–Kier alpha value is -0.800. The van der Waals surface area contributed by atoms with Crippen LogP contribution in [0.1, 0.15) is 0 Å². The lowest BCUT2D eigenvalue weighted by atomic mass is 10.1. The minimum Gasteiger partial charge on any atom is -0.373 e. The van der Waals surface area contributed by atoms with Crippen molar-refractivity contribution in [3.05, 3.63) is 33.9 Å². The third-order valence-corrected chi connectivity index (χ3v) is 2.90. The predicted molar refractivity (Wildman–Crippen MR) is 64.0 cm³/mol. The number of hydrogen-bond donors (Lipinski definition) is 1. The maximum Gasteiger partial charge on any atom is 0.133 e. The molecule has 0 saturated carbocycles. The minimum absolute atomic E-state index is 0.717. The molecule has 2 nitrogen and oxygen atoms in total. The Morgan fingerprint density at radius 2 is 2.14 bits per heavy atom. The number of aromatic nitrogens is 1. The fraction of sp³-hybridized carbons (Fsp3) is 0.100. The Bertz CT molecular complexity index is 485. The Morgan fingerprint density at radius 3 is 2.86 bits per heavy atom. The van der Waals surface area contributed by atoms with Gasteiger partial charge in [0.1, 0.15) is 5.82 Å². The third kappa shape index (κ3) is 1.57. The van der Waals surface area contributed by atoms with Crippen molar-refractivity contribution in [1.29, 1.82) is 0 Å². The van der Waals surface area contributed by atoms with Gasteiger partial charge in [-0.25, -0.2) is 4.98 Å². The molecule has 0 spiro atoms. The molecule has 0 radical (unpaired) electrons. The molecule has 0 atom stereocenters. The summed E-state index contributed by atoms with van der Waals surface area (Å²) in [7, 11) is 1.84. The molecule has 1 heterocycles. The van der Waals surface area contributed by atoms with E-state index < -0.39 is 0 Å². The van der Waals surface area contributed by atoms with Gasteiger partial charge in [0.25, 0.3) is 0 Å². The lowest BCUT2D eigenvalue weighted by molar-refractivity contribution is 1.30. The van der Waals surface area contributed by atoms with E-state index in [9.17, 15) is 0 Å². The van der Waals surface area contributed by atoms with Gasteiger partial charge in [0.05, 0.1) is 0 Å². The molecule has 72 valence electrons. The first kappa shape index (κ1) is 9.74. The van der Waals surface area contributed by atoms with Gasteiger partial charge < -0.3 is 5.32 Å². The molecule has 0 aliphatic heterocycles. The molecule has 14 heavy (non-hydrogen) atoms. The molecule has 0 fully saturated rings. The van der Waals surface area contributed by atoms with Crippen molar-refractivity contribution in [2.45, 2.75) is 0 Å². The molecule has 0 aliphatic rings. The summed E-state index contributed by atoms with van der Waals surface area (Å²) in [5, 5.41) is 5.88. The van der Waals surface area contributed by atoms with Gasteiger partial charge in [0, 0.05) is 33.5 Å². The van der Waals surface area contributed by atoms with Crippen LogP contribution in [-0.2, 0) is 0 Å². The first-order chi connectivity index (χ1) is 6.72. The summed E-state index contributed by atoms with van der Waals surface area (Å²) >= 11 is 9.38. The maximum atomic E-state index is 5.93. The van der Waals surface area contributed by atoms with E-state index in [1.165, 1.54) is 0 Å². The van der Waals surface area contributed by atoms with Gasteiger partial charge in [0.15, 0.2) is 0 Å². The Labute approximate surface area is 95.4 Å². The summed E-state index contributed by atoms with van der Waals surface area (Å²) in [6, 6.07) is 5.75. The van der Waals surface area contributed by atoms with Crippen LogP contribution < -0.4 is 5.32 Å². The smallest absolute Gasteiger partial charge is 0.133 e. The normalized spacial score (nSPS) is 10.5. The van der Waals surface area contributed by atoms with E-state index in [0.717, 1.165) is 21.1 Å². The number of nitrogens with one attached hydrogen (secondary N) is 1. The van der Waals surface area contributed by atoms with Crippen LogP contribution >= 0.6 is 27.5 Å². The third-order valence-electron chi connectivity index (χ3n) is 2.04. The van der Waals surface area contributed by atoms with Gasteiger partial charge in [-0.1, -0.05) is 17.7 Å². The van der Waals surface area contributed by atoms with Gasteiger partial charge in [-0.15, -0.1) is 0 Å². The van der Waals surface area contributed by atoms with Gasteiger partial charge in [-0.2, -0.15) is 0 Å². The van der Waals surface area contributed by atoms with E-state index in [1.807, 2.05) is 25.2 Å². The van der Waals surface area contributed by atoms with E-state index in [1.54, 1.807) is 6.20 Å². The van der Waals surface area contributed by atoms with E-state index in [2.05, 4.69) is 26.2 Å². The van der Waals surface area contributed by atoms with E-state index in [-0.39, 0.29) is 0 Å². The standard InChI is InChI=1S/C10H8BrClN2/c1-13-10-8-4-6(12)2-3-7(8)9(11)5-14-10/h2-5H,1H3,(H,13,14). The van der Waals surface area contributed by atoms with Crippen LogP contribution in [0.3, 0.4) is 0 Å². The molecule has 0 aliphatic carbocycles. The lowest BCUT2D eigenvalue weighted by Crippen LogP contribution is -1.93. The van der Waals surface area contributed by atoms with Crippen molar-refractivity contribution < 1.29 is 0 Å². The number of hydrogen-bond acceptors (Lipinski definition) is 2. The zero-order valence-corrected chi connectivity index (χ0v) is 9.85. The van der Waals surface area contributed by atoms with Gasteiger partial charge in [-0.3, -0.25) is 0 Å². The number of pyridine rings is 1. The van der Waals surface area contributed by atoms with Crippen molar-refractivity contribution in [2.75, 3.05) is 12.4 Å². The summed E-state index contributed by atoms with van der Waals surface area (Å²) in [6.07, 6.45) is 1.78. The summed E-state index contributed by atoms with van der Waals surface area (Å²) in [5.74, 6) is 0.839. The Kier molecular flexibility index (Phi) is 2.61. The van der Waals surface area contributed by atoms with Crippen molar-refractivity contribution in [3.8, 4) is 0 Å². The number of fused-ring (bicyclic) bond motifs is 1. The molecular formula is C10H8BrClN2. The van der Waals surface area contributed by atoms with Crippen LogP contribution in [0.2, 0.25) is 5.02 Å². The van der Waals surface area contributed by atoms with Crippen LogP contribution in [0.4, 0.5) is 5.82 Å². The zero-order chi connectivity index (χ0) is 10.1. The highest BCUT2D eigenvalue weighted by molar-refractivity contribution is 9.10. The predicted octanol–water partition coefficient (Wildman–Crippen LogP) is 3.69. The molecule has 0 unspecified atom stereocenters. The fourth-order valence-corrected chi connectivity index (χ4v) is 2.00. The van der Waals surface area contributed by atoms with Crippen molar-refractivity contribution in [1.82, 2.24) is 4.98 Å². The highest BCUT2D eigenvalue weighted by atomic mass is 79.9. The zero-order valence-electron chi connectivity index (χ0n) is 7.51. The molecule has 0 saturated heterocycles. The van der Waals surface area contributed by atoms with Crippen molar-refractivity contribution in [3.63, 3.8) is 0 Å². The molecule has 2 rings (SSSR count). The largest absolute Gasteiger partial charge is 0.373 e. The van der Waals surface area contributed by atoms with Gasteiger partial charge in [0.2, 0.25) is 0 Å². The second kappa shape index (κ2) is 3.75. The molecular weight excluding hydrogens is 263 g/mol. The number of rotatable bonds is 1. The summed E-state index contributed by atoms with van der Waals surface area (Å²) in [6.45, 7) is 0. The first-order valence-electron chi connectivity index (χ1n) is 4.14.